The maximum Gasteiger partial charge on any atom is 0.247 e. The smallest absolute Gasteiger partial charge is 0.247 e. The largest absolute Gasteiger partial charge is 0.497 e. The van der Waals surface area contributed by atoms with E-state index < -0.39 is 10.0 Å². The average Bonchev–Trinajstić information content (AvgIpc) is 2.65. The van der Waals surface area contributed by atoms with E-state index in [1.807, 2.05) is 11.8 Å². The number of benzene rings is 1. The van der Waals surface area contributed by atoms with Crippen LogP contribution in [0, 0.1) is 0 Å². The van der Waals surface area contributed by atoms with E-state index in [0.717, 1.165) is 5.57 Å². The van der Waals surface area contributed by atoms with Crippen molar-refractivity contribution in [3.63, 3.8) is 0 Å². The van der Waals surface area contributed by atoms with Crippen LogP contribution in [-0.2, 0) is 10.0 Å². The predicted molar refractivity (Wildman–Crippen MR) is 105 cm³/mol. The molecule has 1 fully saturated rings. The van der Waals surface area contributed by atoms with Crippen LogP contribution in [0.25, 0.3) is 0 Å². The lowest BCUT2D eigenvalue weighted by atomic mass is 10.3. The molecule has 0 saturated carbocycles. The number of nitrogens with zero attached hydrogens (tertiary/aromatic N) is 2. The molecule has 0 spiro atoms. The van der Waals surface area contributed by atoms with Crippen molar-refractivity contribution in [2.45, 2.75) is 11.8 Å². The molecule has 144 valence electrons. The maximum absolute atomic E-state index is 13.0. The highest BCUT2D eigenvalue weighted by molar-refractivity contribution is 7.89. The van der Waals surface area contributed by atoms with Crippen molar-refractivity contribution < 1.29 is 17.9 Å². The highest BCUT2D eigenvalue weighted by Crippen LogP contribution is 2.31. The van der Waals surface area contributed by atoms with Crippen molar-refractivity contribution in [3.8, 4) is 11.5 Å². The number of rotatable bonds is 6. The molecule has 0 amide bonds. The summed E-state index contributed by atoms with van der Waals surface area (Å²) in [7, 11) is -0.744. The lowest BCUT2D eigenvalue weighted by Crippen LogP contribution is -2.53. The van der Waals surface area contributed by atoms with Crippen molar-refractivity contribution in [2.24, 2.45) is 0 Å². The van der Waals surface area contributed by atoms with E-state index in [9.17, 15) is 8.42 Å². The summed E-state index contributed by atoms with van der Waals surface area (Å²) in [5.41, 5.74) is 0.985. The molecule has 1 saturated heterocycles. The van der Waals surface area contributed by atoms with Gasteiger partial charge in [0.15, 0.2) is 5.11 Å². The van der Waals surface area contributed by atoms with Gasteiger partial charge in [0.25, 0.3) is 0 Å². The van der Waals surface area contributed by atoms with Crippen LogP contribution in [0.3, 0.4) is 0 Å². The molecular formula is C17H25N3O4S2. The molecule has 0 bridgehead atoms. The van der Waals surface area contributed by atoms with Crippen LogP contribution in [-0.4, -0.2) is 69.7 Å². The van der Waals surface area contributed by atoms with Gasteiger partial charge in [0.2, 0.25) is 10.0 Å². The Hall–Kier alpha value is -1.84. The van der Waals surface area contributed by atoms with Crippen LogP contribution < -0.4 is 14.8 Å². The number of sulfonamides is 1. The van der Waals surface area contributed by atoms with E-state index in [1.165, 1.54) is 24.6 Å². The van der Waals surface area contributed by atoms with Crippen molar-refractivity contribution in [2.75, 3.05) is 46.9 Å². The van der Waals surface area contributed by atoms with E-state index in [-0.39, 0.29) is 4.90 Å². The summed E-state index contributed by atoms with van der Waals surface area (Å²) in [5.74, 6) is 0.764. The van der Waals surface area contributed by atoms with E-state index in [4.69, 9.17) is 21.7 Å². The molecule has 0 unspecified atom stereocenters. The monoisotopic (exact) mass is 399 g/mol. The van der Waals surface area contributed by atoms with Crippen LogP contribution in [0.15, 0.2) is 35.2 Å². The summed E-state index contributed by atoms with van der Waals surface area (Å²) in [6.07, 6.45) is 0. The Morgan fingerprint density at radius 2 is 1.88 bits per heavy atom. The second-order valence-corrected chi connectivity index (χ2v) is 8.32. The number of hydrogen-bond donors (Lipinski definition) is 1. The van der Waals surface area contributed by atoms with Gasteiger partial charge in [0.1, 0.15) is 16.4 Å². The van der Waals surface area contributed by atoms with E-state index in [0.29, 0.717) is 49.3 Å². The molecule has 1 aliphatic rings. The molecule has 1 aromatic carbocycles. The Bertz CT molecular complexity index is 772. The average molecular weight is 400 g/mol. The zero-order valence-corrected chi connectivity index (χ0v) is 17.0. The fraction of sp³-hybridized carbons (Fsp3) is 0.471. The molecular weight excluding hydrogens is 374 g/mol. The third-order valence-corrected chi connectivity index (χ3v) is 6.38. The van der Waals surface area contributed by atoms with Crippen molar-refractivity contribution in [1.29, 1.82) is 0 Å². The molecule has 1 N–H and O–H groups in total. The van der Waals surface area contributed by atoms with Crippen molar-refractivity contribution >= 4 is 27.4 Å². The van der Waals surface area contributed by atoms with Crippen LogP contribution >= 0.6 is 12.2 Å². The number of piperazine rings is 1. The summed E-state index contributed by atoms with van der Waals surface area (Å²) in [6.45, 7) is 8.09. The Balaban J connectivity index is 2.11. The third-order valence-electron chi connectivity index (χ3n) is 4.06. The first kappa shape index (κ1) is 20.5. The van der Waals surface area contributed by atoms with Crippen molar-refractivity contribution in [3.05, 3.63) is 30.4 Å². The van der Waals surface area contributed by atoms with Crippen LogP contribution in [0.2, 0.25) is 0 Å². The quantitative estimate of drug-likeness (QED) is 0.574. The number of methoxy groups -OCH3 is 2. The molecule has 1 aliphatic heterocycles. The number of thiocarbonyl (C=S) groups is 1. The molecule has 26 heavy (non-hydrogen) atoms. The molecule has 0 aliphatic carbocycles. The minimum atomic E-state index is -3.69. The SMILES string of the molecule is C=C(C)CNC(=S)N1CCN(S(=O)(=O)c2cc(OC)ccc2OC)CC1. The van der Waals surface area contributed by atoms with Gasteiger partial charge in [-0.3, -0.25) is 0 Å². The molecule has 0 aromatic heterocycles. The molecule has 9 heteroatoms. The summed E-state index contributed by atoms with van der Waals surface area (Å²) < 4.78 is 37.9. The predicted octanol–water partition coefficient (Wildman–Crippen LogP) is 1.46. The van der Waals surface area contributed by atoms with Crippen LogP contribution in [0.5, 0.6) is 11.5 Å². The zero-order valence-electron chi connectivity index (χ0n) is 15.3. The van der Waals surface area contributed by atoms with Gasteiger partial charge < -0.3 is 19.7 Å². The fourth-order valence-electron chi connectivity index (χ4n) is 2.59. The summed E-state index contributed by atoms with van der Waals surface area (Å²) >= 11 is 5.36. The van der Waals surface area contributed by atoms with Crippen molar-refractivity contribution in [1.82, 2.24) is 14.5 Å². The lowest BCUT2D eigenvalue weighted by Gasteiger charge is -2.35. The van der Waals surface area contributed by atoms with Gasteiger partial charge in [-0.05, 0) is 31.3 Å². The number of ether oxygens (including phenoxy) is 2. The van der Waals surface area contributed by atoms with Gasteiger partial charge in [0.05, 0.1) is 14.2 Å². The number of hydrogen-bond acceptors (Lipinski definition) is 5. The normalized spacial score (nSPS) is 15.4. The molecule has 2 rings (SSSR count). The number of nitrogens with one attached hydrogen (secondary N) is 1. The fourth-order valence-corrected chi connectivity index (χ4v) is 4.44. The Morgan fingerprint density at radius 3 is 2.42 bits per heavy atom. The van der Waals surface area contributed by atoms with Gasteiger partial charge >= 0.3 is 0 Å². The summed E-state index contributed by atoms with van der Waals surface area (Å²) in [6, 6.07) is 4.75. The molecule has 7 nitrogen and oxygen atoms in total. The van der Waals surface area contributed by atoms with Crippen LogP contribution in [0.4, 0.5) is 0 Å². The topological polar surface area (TPSA) is 71.1 Å². The maximum atomic E-state index is 13.0. The third kappa shape index (κ3) is 4.66. The Kier molecular flexibility index (Phi) is 6.85. The second kappa shape index (κ2) is 8.70. The molecule has 0 radical (unpaired) electrons. The summed E-state index contributed by atoms with van der Waals surface area (Å²) in [5, 5.41) is 3.74. The first-order valence-corrected chi connectivity index (χ1v) is 10.0. The van der Waals surface area contributed by atoms with Gasteiger partial charge in [-0.25, -0.2) is 8.42 Å². The zero-order chi connectivity index (χ0) is 19.3. The summed E-state index contributed by atoms with van der Waals surface area (Å²) in [4.78, 5) is 2.07. The molecule has 0 atom stereocenters. The Morgan fingerprint density at radius 1 is 1.23 bits per heavy atom. The Labute approximate surface area is 160 Å². The lowest BCUT2D eigenvalue weighted by molar-refractivity contribution is 0.263. The van der Waals surface area contributed by atoms with Gasteiger partial charge in [-0.1, -0.05) is 12.2 Å². The standard InChI is InChI=1S/C17H25N3O4S2/c1-13(2)12-18-17(25)19-7-9-20(10-8-19)26(21,22)16-11-14(23-3)5-6-15(16)24-4/h5-6,11H,1,7-10,12H2,2-4H3,(H,18,25). The van der Waals surface area contributed by atoms with Gasteiger partial charge in [-0.15, -0.1) is 0 Å². The molecule has 1 heterocycles. The first-order valence-electron chi connectivity index (χ1n) is 8.19. The van der Waals surface area contributed by atoms with E-state index >= 15 is 0 Å². The first-order chi connectivity index (χ1) is 12.3. The molecule has 1 aromatic rings. The van der Waals surface area contributed by atoms with E-state index in [1.54, 1.807) is 12.1 Å². The minimum absolute atomic E-state index is 0.107. The highest BCUT2D eigenvalue weighted by atomic mass is 32.2. The van der Waals surface area contributed by atoms with E-state index in [2.05, 4.69) is 11.9 Å². The minimum Gasteiger partial charge on any atom is -0.497 e. The second-order valence-electron chi connectivity index (χ2n) is 6.02. The van der Waals surface area contributed by atoms with Gasteiger partial charge in [-0.2, -0.15) is 4.31 Å². The highest BCUT2D eigenvalue weighted by Gasteiger charge is 2.31. The van der Waals surface area contributed by atoms with Crippen LogP contribution in [0.1, 0.15) is 6.92 Å². The van der Waals surface area contributed by atoms with Gasteiger partial charge in [0, 0.05) is 38.8 Å².